The summed E-state index contributed by atoms with van der Waals surface area (Å²) in [6, 6.07) is 0. The maximum atomic E-state index is 12.3. The summed E-state index contributed by atoms with van der Waals surface area (Å²) < 4.78 is 21.0. The summed E-state index contributed by atoms with van der Waals surface area (Å²) in [5.74, 6) is -1.26. The van der Waals surface area contributed by atoms with E-state index in [-0.39, 0.29) is 46.2 Å². The van der Waals surface area contributed by atoms with Crippen LogP contribution in [-0.2, 0) is 38.1 Å². The fourth-order valence-corrected chi connectivity index (χ4v) is 6.37. The number of ether oxygens (including phenoxy) is 4. The molecule has 0 fully saturated rings. The Bertz CT molecular complexity index is 1220. The fraction of sp³-hybridized carbons (Fsp3) is 0.500. The standard InChI is InChI=1S/C15H20O4.C9H10O4.C5H9.3CH3.Sn/c1-8(2)9(3)7-11-10(4)12(16)14(18-5)15(19-6)13(11)17;1-5-4-6(10)8(12-2)9(13-3)7(5)11;1-4-5(2)3;;;;/h7H2,1-6H3;4H,1-3H3;4H,1H2,2-3H3;3*1H3;. The molecule has 0 N–H and O–H groups in total. The predicted molar refractivity (Wildman–Crippen MR) is 165 cm³/mol. The predicted octanol–water partition coefficient (Wildman–Crippen LogP) is 6.59. The van der Waals surface area contributed by atoms with Gasteiger partial charge in [0.05, 0.1) is 28.4 Å². The first-order valence-corrected chi connectivity index (χ1v) is 23.9. The number of carbonyl (C=O) groups is 4. The molecule has 0 spiro atoms. The molecule has 0 radical (unpaired) electrons. The Morgan fingerprint density at radius 1 is 0.707 bits per heavy atom. The van der Waals surface area contributed by atoms with Gasteiger partial charge in [0.2, 0.25) is 46.2 Å². The van der Waals surface area contributed by atoms with Gasteiger partial charge < -0.3 is 18.9 Å². The van der Waals surface area contributed by atoms with Crippen molar-refractivity contribution in [3.8, 4) is 0 Å². The maximum absolute atomic E-state index is 12.3. The summed E-state index contributed by atoms with van der Waals surface area (Å²) >= 11 is -1.44. The van der Waals surface area contributed by atoms with Crippen molar-refractivity contribution in [3.05, 3.63) is 68.6 Å². The van der Waals surface area contributed by atoms with Gasteiger partial charge in [-0.2, -0.15) is 0 Å². The minimum atomic E-state index is -1.44. The van der Waals surface area contributed by atoms with Gasteiger partial charge in [-0.1, -0.05) is 11.1 Å². The minimum absolute atomic E-state index is 0.00495. The number of hydrogen-bond donors (Lipinski definition) is 0. The van der Waals surface area contributed by atoms with Crippen LogP contribution in [0.5, 0.6) is 0 Å². The van der Waals surface area contributed by atoms with Crippen LogP contribution >= 0.6 is 0 Å². The van der Waals surface area contributed by atoms with Crippen LogP contribution in [0, 0.1) is 0 Å². The average molecular weight is 679 g/mol. The molecule has 2 aliphatic carbocycles. The third-order valence-corrected chi connectivity index (χ3v) is 10.3. The van der Waals surface area contributed by atoms with Crippen molar-refractivity contribution in [2.75, 3.05) is 28.4 Å². The largest absolute Gasteiger partial charge is 0.490 e. The third kappa shape index (κ3) is 11.5. The first-order valence-electron chi connectivity index (χ1n) is 13.4. The van der Waals surface area contributed by atoms with Crippen molar-refractivity contribution >= 4 is 41.5 Å². The monoisotopic (exact) mass is 680 g/mol. The molecule has 8 nitrogen and oxygen atoms in total. The van der Waals surface area contributed by atoms with Crippen LogP contribution < -0.4 is 0 Å². The van der Waals surface area contributed by atoms with Crippen LogP contribution in [0.3, 0.4) is 0 Å². The minimum Gasteiger partial charge on any atom is -0.490 e. The van der Waals surface area contributed by atoms with Gasteiger partial charge in [-0.05, 0) is 47.1 Å². The molecule has 2 rings (SSSR count). The fourth-order valence-electron chi connectivity index (χ4n) is 3.46. The van der Waals surface area contributed by atoms with Gasteiger partial charge in [-0.3, -0.25) is 19.2 Å². The molecule has 0 saturated carbocycles. The molecule has 2 aliphatic rings. The Labute approximate surface area is 250 Å². The zero-order valence-electron chi connectivity index (χ0n) is 27.3. The van der Waals surface area contributed by atoms with Crippen LogP contribution in [0.4, 0.5) is 0 Å². The second kappa shape index (κ2) is 17.2. The SMILES string of the molecule is CC(C)=C[CH2][Sn]([CH3])([CH3])[CH3].COC1=C(OC)C(=O)C(C)=CC1=O.COC1=C(OC)C(=O)C(CC(C)=C(C)C)=C(C)C1=O. The topological polar surface area (TPSA) is 105 Å². The smallest absolute Gasteiger partial charge is 0.228 e. The molecule has 0 bridgehead atoms. The molecule has 0 aromatic heterocycles. The summed E-state index contributed by atoms with van der Waals surface area (Å²) in [5, 5.41) is 0. The zero-order valence-corrected chi connectivity index (χ0v) is 30.2. The van der Waals surface area contributed by atoms with Gasteiger partial charge in [0.25, 0.3) is 0 Å². The molecule has 0 heterocycles. The first-order chi connectivity index (χ1) is 18.9. The molecule has 0 unspecified atom stereocenters. The van der Waals surface area contributed by atoms with Crippen molar-refractivity contribution in [2.24, 2.45) is 0 Å². The van der Waals surface area contributed by atoms with E-state index in [2.05, 4.69) is 34.7 Å². The number of methoxy groups -OCH3 is 4. The second-order valence-electron chi connectivity index (χ2n) is 11.4. The van der Waals surface area contributed by atoms with E-state index < -0.39 is 18.4 Å². The van der Waals surface area contributed by atoms with Gasteiger partial charge in [-0.25, -0.2) is 0 Å². The second-order valence-corrected chi connectivity index (χ2v) is 27.2. The molecule has 9 heteroatoms. The normalized spacial score (nSPS) is 15.3. The van der Waals surface area contributed by atoms with Crippen molar-refractivity contribution in [1.29, 1.82) is 0 Å². The van der Waals surface area contributed by atoms with E-state index in [0.29, 0.717) is 23.1 Å². The van der Waals surface area contributed by atoms with Crippen LogP contribution in [0.1, 0.15) is 54.9 Å². The number of carbonyl (C=O) groups excluding carboxylic acids is 4. The van der Waals surface area contributed by atoms with Crippen LogP contribution in [0.25, 0.3) is 0 Å². The van der Waals surface area contributed by atoms with Crippen LogP contribution in [0.2, 0.25) is 19.3 Å². The molecule has 41 heavy (non-hydrogen) atoms. The van der Waals surface area contributed by atoms with Crippen molar-refractivity contribution < 1.29 is 38.1 Å². The van der Waals surface area contributed by atoms with E-state index in [1.165, 1.54) is 44.5 Å². The Morgan fingerprint density at radius 3 is 1.51 bits per heavy atom. The molecule has 0 aromatic carbocycles. The van der Waals surface area contributed by atoms with E-state index in [0.717, 1.165) is 11.1 Å². The van der Waals surface area contributed by atoms with E-state index >= 15 is 0 Å². The summed E-state index contributed by atoms with van der Waals surface area (Å²) in [4.78, 5) is 54.5. The average Bonchev–Trinajstić information content (AvgIpc) is 2.89. The summed E-state index contributed by atoms with van der Waals surface area (Å²) in [6.07, 6.45) is 4.09. The Balaban J connectivity index is 0.000000631. The van der Waals surface area contributed by atoms with Crippen LogP contribution in [-0.4, -0.2) is 69.9 Å². The first kappa shape index (κ1) is 38.1. The van der Waals surface area contributed by atoms with Gasteiger partial charge in [0, 0.05) is 16.7 Å². The van der Waals surface area contributed by atoms with Gasteiger partial charge in [0.1, 0.15) is 0 Å². The number of ketones is 4. The van der Waals surface area contributed by atoms with E-state index in [9.17, 15) is 19.2 Å². The number of Topliss-reactive ketones (excluding diaryl/α,β-unsaturated/α-hetero) is 3. The van der Waals surface area contributed by atoms with Gasteiger partial charge >= 0.3 is 63.1 Å². The number of rotatable bonds is 8. The molecule has 0 aromatic rings. The summed E-state index contributed by atoms with van der Waals surface area (Å²) in [5.41, 5.74) is 4.97. The summed E-state index contributed by atoms with van der Waals surface area (Å²) in [7, 11) is 5.39. The molecular formula is C32H48O8Sn. The molecule has 228 valence electrons. The molecule has 0 amide bonds. The molecular weight excluding hydrogens is 631 g/mol. The number of allylic oxidation sites excluding steroid dienone is 8. The molecule has 0 saturated heterocycles. The Hall–Kier alpha value is -2.88. The van der Waals surface area contributed by atoms with E-state index in [4.69, 9.17) is 18.9 Å². The molecule has 0 atom stereocenters. The Kier molecular flexibility index (Phi) is 16.0. The quantitative estimate of drug-likeness (QED) is 0.161. The number of hydrogen-bond acceptors (Lipinski definition) is 8. The van der Waals surface area contributed by atoms with Crippen LogP contribution in [0.15, 0.2) is 68.6 Å². The van der Waals surface area contributed by atoms with E-state index in [1.807, 2.05) is 20.8 Å². The van der Waals surface area contributed by atoms with Crippen molar-refractivity contribution in [2.45, 2.75) is 74.1 Å². The van der Waals surface area contributed by atoms with Gasteiger partial charge in [0.15, 0.2) is 0 Å². The Morgan fingerprint density at radius 2 is 1.15 bits per heavy atom. The summed E-state index contributed by atoms with van der Waals surface area (Å²) in [6.45, 7) is 13.5. The van der Waals surface area contributed by atoms with Crippen molar-refractivity contribution in [1.82, 2.24) is 0 Å². The van der Waals surface area contributed by atoms with Crippen molar-refractivity contribution in [3.63, 3.8) is 0 Å². The van der Waals surface area contributed by atoms with Gasteiger partial charge in [-0.15, -0.1) is 0 Å². The zero-order chi connectivity index (χ0) is 32.2. The van der Waals surface area contributed by atoms with E-state index in [1.54, 1.807) is 13.8 Å². The third-order valence-electron chi connectivity index (χ3n) is 6.26. The maximum Gasteiger partial charge on any atom is 0.228 e. The molecule has 0 aliphatic heterocycles.